The minimum absolute atomic E-state index is 0.00664. The zero-order chi connectivity index (χ0) is 15.2. The molecular weight excluding hydrogens is 288 g/mol. The van der Waals surface area contributed by atoms with Crippen molar-refractivity contribution in [1.82, 2.24) is 10.2 Å². The lowest BCUT2D eigenvalue weighted by Gasteiger charge is -2.32. The van der Waals surface area contributed by atoms with Gasteiger partial charge in [-0.1, -0.05) is 19.9 Å². The lowest BCUT2D eigenvalue weighted by Crippen LogP contribution is -2.54. The van der Waals surface area contributed by atoms with E-state index in [0.717, 1.165) is 4.88 Å². The van der Waals surface area contributed by atoms with Crippen LogP contribution in [0.3, 0.4) is 0 Å². The molecule has 21 heavy (non-hydrogen) atoms. The summed E-state index contributed by atoms with van der Waals surface area (Å²) < 4.78 is 5.26. The van der Waals surface area contributed by atoms with Crippen LogP contribution in [0.25, 0.3) is 0 Å². The molecule has 1 aromatic heterocycles. The molecule has 1 aromatic rings. The summed E-state index contributed by atoms with van der Waals surface area (Å²) >= 11 is 1.55. The molecule has 0 bridgehead atoms. The zero-order valence-corrected chi connectivity index (χ0v) is 13.3. The van der Waals surface area contributed by atoms with Crippen LogP contribution in [0.5, 0.6) is 0 Å². The van der Waals surface area contributed by atoms with Crippen molar-refractivity contribution >= 4 is 23.2 Å². The monoisotopic (exact) mass is 310 g/mol. The number of nitrogens with one attached hydrogen (secondary N) is 1. The van der Waals surface area contributed by atoms with E-state index in [2.05, 4.69) is 5.32 Å². The molecule has 1 N–H and O–H groups in total. The molecule has 0 aliphatic carbocycles. The van der Waals surface area contributed by atoms with Crippen LogP contribution in [0.1, 0.15) is 18.7 Å². The molecule has 1 aliphatic rings. The summed E-state index contributed by atoms with van der Waals surface area (Å²) in [4.78, 5) is 27.4. The maximum Gasteiger partial charge on any atom is 0.245 e. The van der Waals surface area contributed by atoms with Gasteiger partial charge in [0.05, 0.1) is 19.6 Å². The Bertz CT molecular complexity index is 467. The fourth-order valence-electron chi connectivity index (χ4n) is 2.29. The first kappa shape index (κ1) is 16.0. The van der Waals surface area contributed by atoms with E-state index in [1.54, 1.807) is 16.2 Å². The van der Waals surface area contributed by atoms with Gasteiger partial charge in [0.15, 0.2) is 0 Å². The van der Waals surface area contributed by atoms with Crippen molar-refractivity contribution in [3.8, 4) is 0 Å². The Kier molecular flexibility index (Phi) is 5.76. The van der Waals surface area contributed by atoms with Crippen LogP contribution < -0.4 is 5.32 Å². The van der Waals surface area contributed by atoms with Crippen LogP contribution in [0, 0.1) is 5.92 Å². The maximum absolute atomic E-state index is 12.5. The Balaban J connectivity index is 1.94. The predicted molar refractivity (Wildman–Crippen MR) is 82.2 cm³/mol. The molecule has 0 spiro atoms. The molecule has 1 fully saturated rings. The average Bonchev–Trinajstić information content (AvgIpc) is 2.97. The van der Waals surface area contributed by atoms with E-state index in [1.165, 1.54) is 0 Å². The highest BCUT2D eigenvalue weighted by Gasteiger charge is 2.29. The fraction of sp³-hybridized carbons (Fsp3) is 0.600. The summed E-state index contributed by atoms with van der Waals surface area (Å²) in [5, 5.41) is 4.83. The third kappa shape index (κ3) is 4.54. The molecule has 1 aliphatic heterocycles. The van der Waals surface area contributed by atoms with Gasteiger partial charge in [0.25, 0.3) is 0 Å². The summed E-state index contributed by atoms with van der Waals surface area (Å²) in [7, 11) is 0. The van der Waals surface area contributed by atoms with E-state index in [-0.39, 0.29) is 17.7 Å². The highest BCUT2D eigenvalue weighted by Crippen LogP contribution is 2.11. The first-order valence-electron chi connectivity index (χ1n) is 7.26. The molecule has 1 saturated heterocycles. The highest BCUT2D eigenvalue weighted by atomic mass is 32.1. The SMILES string of the molecule is CC(C)[C@@H](NC(=O)Cc1cccs1)C(=O)N1CCOCC1. The standard InChI is InChI=1S/C15H22N2O3S/c1-11(2)14(15(19)17-5-7-20-8-6-17)16-13(18)10-12-4-3-9-21-12/h3-4,9,11,14H,5-8,10H2,1-2H3,(H,16,18)/t14-/m1/s1. The first-order valence-corrected chi connectivity index (χ1v) is 8.14. The molecule has 0 unspecified atom stereocenters. The lowest BCUT2D eigenvalue weighted by atomic mass is 10.0. The Labute approximate surface area is 129 Å². The first-order chi connectivity index (χ1) is 10.1. The minimum atomic E-state index is -0.462. The quantitative estimate of drug-likeness (QED) is 0.891. The second kappa shape index (κ2) is 7.56. The number of amides is 2. The Morgan fingerprint density at radius 1 is 1.38 bits per heavy atom. The van der Waals surface area contributed by atoms with Crippen LogP contribution in [0.2, 0.25) is 0 Å². The Morgan fingerprint density at radius 2 is 2.10 bits per heavy atom. The van der Waals surface area contributed by atoms with E-state index in [9.17, 15) is 9.59 Å². The molecule has 116 valence electrons. The van der Waals surface area contributed by atoms with Gasteiger partial charge >= 0.3 is 0 Å². The van der Waals surface area contributed by atoms with E-state index >= 15 is 0 Å². The molecule has 1 atom stereocenters. The van der Waals surface area contributed by atoms with Crippen LogP contribution in [0.4, 0.5) is 0 Å². The third-order valence-electron chi connectivity index (χ3n) is 3.49. The Hall–Kier alpha value is -1.40. The molecule has 2 rings (SSSR count). The second-order valence-corrected chi connectivity index (χ2v) is 6.52. The number of nitrogens with zero attached hydrogens (tertiary/aromatic N) is 1. The molecule has 0 radical (unpaired) electrons. The van der Waals surface area contributed by atoms with E-state index in [0.29, 0.717) is 32.7 Å². The van der Waals surface area contributed by atoms with Crippen molar-refractivity contribution in [1.29, 1.82) is 0 Å². The number of carbonyl (C=O) groups is 2. The van der Waals surface area contributed by atoms with Gasteiger partial charge < -0.3 is 15.0 Å². The number of ether oxygens (including phenoxy) is 1. The number of thiophene rings is 1. The summed E-state index contributed by atoms with van der Waals surface area (Å²) in [6, 6.07) is 3.39. The van der Waals surface area contributed by atoms with Crippen LogP contribution in [-0.4, -0.2) is 49.1 Å². The minimum Gasteiger partial charge on any atom is -0.378 e. The molecule has 5 nitrogen and oxygen atoms in total. The number of carbonyl (C=O) groups excluding carboxylic acids is 2. The topological polar surface area (TPSA) is 58.6 Å². The highest BCUT2D eigenvalue weighted by molar-refractivity contribution is 7.10. The van der Waals surface area contributed by atoms with Crippen molar-refractivity contribution in [3.63, 3.8) is 0 Å². The van der Waals surface area contributed by atoms with Gasteiger partial charge in [-0.3, -0.25) is 9.59 Å². The lowest BCUT2D eigenvalue weighted by molar-refractivity contribution is -0.141. The summed E-state index contributed by atoms with van der Waals surface area (Å²) in [6.45, 7) is 6.24. The van der Waals surface area contributed by atoms with Gasteiger partial charge in [-0.05, 0) is 17.4 Å². The zero-order valence-electron chi connectivity index (χ0n) is 12.5. The van der Waals surface area contributed by atoms with Gasteiger partial charge in [0, 0.05) is 18.0 Å². The number of morpholine rings is 1. The largest absolute Gasteiger partial charge is 0.378 e. The smallest absolute Gasteiger partial charge is 0.245 e. The van der Waals surface area contributed by atoms with Crippen LogP contribution in [-0.2, 0) is 20.7 Å². The van der Waals surface area contributed by atoms with Gasteiger partial charge in [0.2, 0.25) is 11.8 Å². The van der Waals surface area contributed by atoms with Crippen molar-refractivity contribution < 1.29 is 14.3 Å². The summed E-state index contributed by atoms with van der Waals surface area (Å²) in [5.41, 5.74) is 0. The van der Waals surface area contributed by atoms with Crippen LogP contribution >= 0.6 is 11.3 Å². The third-order valence-corrected chi connectivity index (χ3v) is 4.36. The average molecular weight is 310 g/mol. The van der Waals surface area contributed by atoms with Gasteiger partial charge in [-0.2, -0.15) is 0 Å². The summed E-state index contributed by atoms with van der Waals surface area (Å²) in [6.07, 6.45) is 0.331. The van der Waals surface area contributed by atoms with Gasteiger partial charge in [-0.25, -0.2) is 0 Å². The summed E-state index contributed by atoms with van der Waals surface area (Å²) in [5.74, 6) is -0.0433. The van der Waals surface area contributed by atoms with E-state index < -0.39 is 6.04 Å². The fourth-order valence-corrected chi connectivity index (χ4v) is 2.99. The van der Waals surface area contributed by atoms with Crippen molar-refractivity contribution in [2.24, 2.45) is 5.92 Å². The number of hydrogen-bond donors (Lipinski definition) is 1. The van der Waals surface area contributed by atoms with Gasteiger partial charge in [0.1, 0.15) is 6.04 Å². The molecular formula is C15H22N2O3S. The van der Waals surface area contributed by atoms with E-state index in [1.807, 2.05) is 31.4 Å². The molecule has 0 aromatic carbocycles. The molecule has 2 heterocycles. The van der Waals surface area contributed by atoms with Crippen molar-refractivity contribution in [3.05, 3.63) is 22.4 Å². The van der Waals surface area contributed by atoms with Crippen molar-refractivity contribution in [2.75, 3.05) is 26.3 Å². The maximum atomic E-state index is 12.5. The van der Waals surface area contributed by atoms with E-state index in [4.69, 9.17) is 4.74 Å². The predicted octanol–water partition coefficient (Wildman–Crippen LogP) is 1.29. The number of hydrogen-bond acceptors (Lipinski definition) is 4. The molecule has 0 saturated carbocycles. The van der Waals surface area contributed by atoms with Crippen LogP contribution in [0.15, 0.2) is 17.5 Å². The normalized spacial score (nSPS) is 16.8. The van der Waals surface area contributed by atoms with Gasteiger partial charge in [-0.15, -0.1) is 11.3 Å². The number of rotatable bonds is 5. The second-order valence-electron chi connectivity index (χ2n) is 5.48. The molecule has 2 amide bonds. The van der Waals surface area contributed by atoms with Crippen molar-refractivity contribution in [2.45, 2.75) is 26.3 Å². The molecule has 6 heteroatoms. The Morgan fingerprint density at radius 3 is 2.67 bits per heavy atom.